The molecular weight excluding hydrogens is 248 g/mol. The maximum Gasteiger partial charge on any atom is 0.129 e. The van der Waals surface area contributed by atoms with E-state index in [-0.39, 0.29) is 18.0 Å². The Bertz CT molecular complexity index is 511. The molecule has 3 nitrogen and oxygen atoms in total. The van der Waals surface area contributed by atoms with Crippen LogP contribution in [0.4, 0.5) is 8.78 Å². The summed E-state index contributed by atoms with van der Waals surface area (Å²) in [5.41, 5.74) is 0.893. The van der Waals surface area contributed by atoms with Crippen LogP contribution in [0.2, 0.25) is 0 Å². The second-order valence-electron chi connectivity index (χ2n) is 4.19. The molecule has 1 atom stereocenters. The zero-order valence-corrected chi connectivity index (χ0v) is 10.6. The van der Waals surface area contributed by atoms with Crippen LogP contribution in [0.1, 0.15) is 24.1 Å². The topological polar surface area (TPSA) is 37.8 Å². The van der Waals surface area contributed by atoms with Gasteiger partial charge in [-0.05, 0) is 25.1 Å². The molecule has 1 heterocycles. The second-order valence-corrected chi connectivity index (χ2v) is 4.19. The van der Waals surface area contributed by atoms with Gasteiger partial charge in [-0.2, -0.15) is 0 Å². The van der Waals surface area contributed by atoms with Gasteiger partial charge >= 0.3 is 0 Å². The molecule has 0 bridgehead atoms. The van der Waals surface area contributed by atoms with Gasteiger partial charge in [-0.1, -0.05) is 13.0 Å². The Balaban J connectivity index is 2.27. The van der Waals surface area contributed by atoms with E-state index in [4.69, 9.17) is 0 Å². The number of hydrogen-bond acceptors (Lipinski definition) is 3. The minimum absolute atomic E-state index is 0.0808. The van der Waals surface area contributed by atoms with Crippen molar-refractivity contribution in [3.8, 4) is 0 Å². The number of rotatable bonds is 5. The first kappa shape index (κ1) is 13.5. The number of aromatic nitrogens is 2. The van der Waals surface area contributed by atoms with Gasteiger partial charge < -0.3 is 5.32 Å². The summed E-state index contributed by atoms with van der Waals surface area (Å²) < 4.78 is 27.3. The van der Waals surface area contributed by atoms with Crippen molar-refractivity contribution in [3.63, 3.8) is 0 Å². The van der Waals surface area contributed by atoms with E-state index in [1.165, 1.54) is 24.5 Å². The summed E-state index contributed by atoms with van der Waals surface area (Å²) in [4.78, 5) is 7.87. The van der Waals surface area contributed by atoms with Gasteiger partial charge in [-0.25, -0.2) is 18.7 Å². The van der Waals surface area contributed by atoms with Crippen molar-refractivity contribution in [2.24, 2.45) is 0 Å². The van der Waals surface area contributed by atoms with E-state index < -0.39 is 11.6 Å². The normalized spacial score (nSPS) is 12.4. The number of nitrogens with zero attached hydrogens (tertiary/aromatic N) is 2. The van der Waals surface area contributed by atoms with Crippen LogP contribution in [0, 0.1) is 11.6 Å². The van der Waals surface area contributed by atoms with Crippen molar-refractivity contribution in [1.29, 1.82) is 0 Å². The Morgan fingerprint density at radius 1 is 1.16 bits per heavy atom. The molecule has 1 N–H and O–H groups in total. The van der Waals surface area contributed by atoms with Crippen LogP contribution in [-0.4, -0.2) is 16.5 Å². The molecule has 0 amide bonds. The van der Waals surface area contributed by atoms with Crippen LogP contribution in [0.25, 0.3) is 0 Å². The molecule has 1 unspecified atom stereocenters. The summed E-state index contributed by atoms with van der Waals surface area (Å²) in [5.74, 6) is -1.06. The van der Waals surface area contributed by atoms with Gasteiger partial charge in [-0.15, -0.1) is 0 Å². The molecule has 19 heavy (non-hydrogen) atoms. The molecule has 0 aliphatic carbocycles. The third-order valence-electron chi connectivity index (χ3n) is 2.90. The highest BCUT2D eigenvalue weighted by atomic mass is 19.1. The molecule has 0 aliphatic heterocycles. The maximum absolute atomic E-state index is 13.7. The quantitative estimate of drug-likeness (QED) is 0.901. The third-order valence-corrected chi connectivity index (χ3v) is 2.90. The van der Waals surface area contributed by atoms with E-state index in [9.17, 15) is 8.78 Å². The predicted octanol–water partition coefficient (Wildman–Crippen LogP) is 2.65. The summed E-state index contributed by atoms with van der Waals surface area (Å²) in [6.07, 6.45) is 4.95. The van der Waals surface area contributed by atoms with Crippen molar-refractivity contribution in [2.45, 2.75) is 19.4 Å². The highest BCUT2D eigenvalue weighted by Crippen LogP contribution is 2.21. The smallest absolute Gasteiger partial charge is 0.129 e. The van der Waals surface area contributed by atoms with E-state index >= 15 is 0 Å². The van der Waals surface area contributed by atoms with Crippen LogP contribution >= 0.6 is 0 Å². The second kappa shape index (κ2) is 6.33. The Labute approximate surface area is 110 Å². The number of hydrogen-bond donors (Lipinski definition) is 1. The molecule has 100 valence electrons. The molecule has 0 saturated heterocycles. The summed E-state index contributed by atoms with van der Waals surface area (Å²) in [7, 11) is 0. The van der Waals surface area contributed by atoms with Gasteiger partial charge in [0.2, 0.25) is 0 Å². The van der Waals surface area contributed by atoms with Crippen LogP contribution in [-0.2, 0) is 6.42 Å². The fraction of sp³-hybridized carbons (Fsp3) is 0.286. The van der Waals surface area contributed by atoms with Gasteiger partial charge in [0.25, 0.3) is 0 Å². The van der Waals surface area contributed by atoms with E-state index in [1.807, 2.05) is 6.92 Å². The van der Waals surface area contributed by atoms with Crippen molar-refractivity contribution in [2.75, 3.05) is 6.54 Å². The van der Waals surface area contributed by atoms with Crippen molar-refractivity contribution in [1.82, 2.24) is 15.3 Å². The van der Waals surface area contributed by atoms with Crippen LogP contribution in [0.3, 0.4) is 0 Å². The van der Waals surface area contributed by atoms with E-state index in [0.29, 0.717) is 6.54 Å². The first-order valence-corrected chi connectivity index (χ1v) is 6.13. The van der Waals surface area contributed by atoms with Crippen LogP contribution in [0.15, 0.2) is 36.9 Å². The fourth-order valence-electron chi connectivity index (χ4n) is 1.98. The summed E-state index contributed by atoms with van der Waals surface area (Å²) in [5, 5.41) is 3.19. The molecule has 2 aromatic rings. The largest absolute Gasteiger partial charge is 0.310 e. The fourth-order valence-corrected chi connectivity index (χ4v) is 1.98. The van der Waals surface area contributed by atoms with Crippen molar-refractivity contribution < 1.29 is 8.78 Å². The summed E-state index contributed by atoms with van der Waals surface area (Å²) >= 11 is 0. The maximum atomic E-state index is 13.7. The Kier molecular flexibility index (Phi) is 4.52. The van der Waals surface area contributed by atoms with Gasteiger partial charge in [-0.3, -0.25) is 0 Å². The molecule has 5 heteroatoms. The minimum Gasteiger partial charge on any atom is -0.310 e. The average Bonchev–Trinajstić information content (AvgIpc) is 2.43. The molecule has 2 rings (SSSR count). The molecule has 0 aliphatic rings. The lowest BCUT2D eigenvalue weighted by Gasteiger charge is -2.18. The van der Waals surface area contributed by atoms with Crippen molar-refractivity contribution >= 4 is 0 Å². The Morgan fingerprint density at radius 2 is 1.79 bits per heavy atom. The highest BCUT2D eigenvalue weighted by Gasteiger charge is 2.17. The number of halogens is 2. The molecule has 0 spiro atoms. The lowest BCUT2D eigenvalue weighted by molar-refractivity contribution is 0.498. The predicted molar refractivity (Wildman–Crippen MR) is 68.5 cm³/mol. The molecule has 1 aromatic heterocycles. The Hall–Kier alpha value is -1.88. The zero-order chi connectivity index (χ0) is 13.7. The first-order valence-electron chi connectivity index (χ1n) is 6.13. The lowest BCUT2D eigenvalue weighted by Crippen LogP contribution is -2.24. The number of nitrogens with one attached hydrogen (secondary N) is 1. The molecule has 0 fully saturated rings. The van der Waals surface area contributed by atoms with Crippen molar-refractivity contribution in [3.05, 3.63) is 59.7 Å². The number of likely N-dealkylation sites (N-methyl/N-ethyl adjacent to an activating group) is 1. The van der Waals surface area contributed by atoms with Crippen LogP contribution < -0.4 is 5.32 Å². The first-order chi connectivity index (χ1) is 9.22. The standard InChI is InChI=1S/C14H15F2N3/c1-2-19-14(10-7-17-9-18-8-10)6-11-12(15)4-3-5-13(11)16/h3-5,7-9,14,19H,2,6H2,1H3. The molecule has 0 radical (unpaired) electrons. The number of benzene rings is 1. The zero-order valence-electron chi connectivity index (χ0n) is 10.6. The van der Waals surface area contributed by atoms with Gasteiger partial charge in [0.15, 0.2) is 0 Å². The SMILES string of the molecule is CCNC(Cc1c(F)cccc1F)c1cncnc1. The summed E-state index contributed by atoms with van der Waals surface area (Å²) in [6.45, 7) is 2.63. The minimum atomic E-state index is -0.528. The van der Waals surface area contributed by atoms with Crippen LogP contribution in [0.5, 0.6) is 0 Å². The van der Waals surface area contributed by atoms with E-state index in [2.05, 4.69) is 15.3 Å². The van der Waals surface area contributed by atoms with Gasteiger partial charge in [0, 0.05) is 29.6 Å². The van der Waals surface area contributed by atoms with Gasteiger partial charge in [0.05, 0.1) is 0 Å². The monoisotopic (exact) mass is 263 g/mol. The van der Waals surface area contributed by atoms with E-state index in [1.54, 1.807) is 12.4 Å². The van der Waals surface area contributed by atoms with E-state index in [0.717, 1.165) is 5.56 Å². The summed E-state index contributed by atoms with van der Waals surface area (Å²) in [6, 6.07) is 3.69. The molecular formula is C14H15F2N3. The Morgan fingerprint density at radius 3 is 2.37 bits per heavy atom. The average molecular weight is 263 g/mol. The lowest BCUT2D eigenvalue weighted by atomic mass is 10.00. The third kappa shape index (κ3) is 3.32. The molecule has 1 aromatic carbocycles. The highest BCUT2D eigenvalue weighted by molar-refractivity contribution is 5.23. The molecule has 0 saturated carbocycles. The van der Waals surface area contributed by atoms with Gasteiger partial charge in [0.1, 0.15) is 18.0 Å².